The molecule has 6 unspecified atom stereocenters. The lowest BCUT2D eigenvalue weighted by molar-refractivity contribution is -0.137. The lowest BCUT2D eigenvalue weighted by Gasteiger charge is -2.40. The Morgan fingerprint density at radius 3 is 1.09 bits per heavy atom. The number of thioether (sulfide) groups is 3. The number of aromatic amines is 2. The predicted octanol–water partition coefficient (Wildman–Crippen LogP) is 17.0. The van der Waals surface area contributed by atoms with Crippen LogP contribution in [0.15, 0.2) is 143 Å². The fourth-order valence-electron chi connectivity index (χ4n) is 22.0. The number of para-hydroxylation sites is 5. The fourth-order valence-corrected chi connectivity index (χ4v) is 26.4. The minimum absolute atomic E-state index is 0.00844. The van der Waals surface area contributed by atoms with Gasteiger partial charge in [-0.05, 0) is 169 Å². The van der Waals surface area contributed by atoms with E-state index in [4.69, 9.17) is 0 Å². The molecule has 10 aliphatic rings. The van der Waals surface area contributed by atoms with Gasteiger partial charge in [-0.3, -0.25) is 62.4 Å². The quantitative estimate of drug-likeness (QED) is 0.0539. The Morgan fingerprint density at radius 1 is 0.392 bits per heavy atom. The summed E-state index contributed by atoms with van der Waals surface area (Å²) in [5.41, 5.74) is 9.07. The maximum absolute atomic E-state index is 15.7. The molecule has 5 aromatic carbocycles. The molecule has 27 nitrogen and oxygen atoms in total. The van der Waals surface area contributed by atoms with Crippen molar-refractivity contribution in [1.82, 2.24) is 73.1 Å². The first-order valence-electron chi connectivity index (χ1n) is 52.1. The number of anilines is 3. The van der Waals surface area contributed by atoms with Crippen LogP contribution in [0, 0.1) is 33.7 Å². The zero-order valence-corrected chi connectivity index (χ0v) is 88.8. The summed E-state index contributed by atoms with van der Waals surface area (Å²) in [6, 6.07) is 38.4. The molecule has 0 spiro atoms. The molecule has 8 aromatic rings. The minimum atomic E-state index is -0.540. The predicted molar refractivity (Wildman–Crippen MR) is 568 cm³/mol. The lowest BCUT2D eigenvalue weighted by Crippen LogP contribution is -2.49. The van der Waals surface area contributed by atoms with Gasteiger partial charge in [0.2, 0.25) is 41.4 Å². The van der Waals surface area contributed by atoms with Crippen LogP contribution in [-0.2, 0) is 33.6 Å². The number of nitrogens with one attached hydrogen (secondary N) is 2. The summed E-state index contributed by atoms with van der Waals surface area (Å²) in [5, 5.41) is -2.70. The summed E-state index contributed by atoms with van der Waals surface area (Å²) in [7, 11) is 0. The number of aromatic nitrogens is 5. The van der Waals surface area contributed by atoms with Crippen LogP contribution in [0.1, 0.15) is 238 Å². The number of nitrogens with zero attached hydrogens (tertiary/aromatic N) is 16. The third-order valence-electron chi connectivity index (χ3n) is 30.5. The fraction of sp³-hybridized carbons (Fsp3) is 0.582. The number of carbonyl (C=O) groups excluding carboxylic acids is 7. The molecule has 0 saturated carbocycles. The van der Waals surface area contributed by atoms with Gasteiger partial charge in [0.05, 0.1) is 55.8 Å². The molecule has 0 radical (unpaired) electrons. The normalized spacial score (nSPS) is 22.2. The highest BCUT2D eigenvalue weighted by Crippen LogP contribution is 2.53. The van der Waals surface area contributed by atoms with E-state index >= 15 is 13.2 Å². The Kier molecular flexibility index (Phi) is 33.7. The molecule has 9 fully saturated rings. The van der Waals surface area contributed by atoms with Gasteiger partial charge in [0, 0.05) is 222 Å². The number of halogens is 3. The van der Waals surface area contributed by atoms with Crippen molar-refractivity contribution in [3.8, 4) is 0 Å². The van der Waals surface area contributed by atoms with Crippen LogP contribution < -0.4 is 26.1 Å². The van der Waals surface area contributed by atoms with E-state index in [1.54, 1.807) is 29.0 Å². The zero-order chi connectivity index (χ0) is 102. The van der Waals surface area contributed by atoms with Crippen LogP contribution in [0.3, 0.4) is 0 Å². The maximum atomic E-state index is 15.7. The van der Waals surface area contributed by atoms with E-state index in [1.807, 2.05) is 130 Å². The third kappa shape index (κ3) is 24.8. The number of amides is 7. The second kappa shape index (κ2) is 45.5. The smallest absolute Gasteiger partial charge is 0.327 e. The molecule has 18 rings (SSSR count). The lowest BCUT2D eigenvalue weighted by atomic mass is 9.92. The van der Waals surface area contributed by atoms with Crippen LogP contribution in [0.5, 0.6) is 0 Å². The van der Waals surface area contributed by atoms with Crippen molar-refractivity contribution in [3.63, 3.8) is 0 Å². The van der Waals surface area contributed by atoms with E-state index < -0.39 is 15.7 Å². The Labute approximate surface area is 854 Å². The van der Waals surface area contributed by atoms with Crippen LogP contribution in [0.4, 0.5) is 30.2 Å². The van der Waals surface area contributed by atoms with E-state index in [0.717, 1.165) is 142 Å². The van der Waals surface area contributed by atoms with Crippen LogP contribution in [0.2, 0.25) is 0 Å². The van der Waals surface area contributed by atoms with Gasteiger partial charge < -0.3 is 54.0 Å². The van der Waals surface area contributed by atoms with Crippen LogP contribution in [-0.4, -0.2) is 292 Å². The number of benzene rings is 5. The average Bonchev–Trinajstić information content (AvgIpc) is 1.65. The summed E-state index contributed by atoms with van der Waals surface area (Å²) in [4.78, 5) is 158. The van der Waals surface area contributed by atoms with E-state index in [1.165, 1.54) is 53.5 Å². The molecule has 7 amide bonds. The Bertz CT molecular complexity index is 5740. The summed E-state index contributed by atoms with van der Waals surface area (Å²) in [6.07, 6.45) is 10.8. The van der Waals surface area contributed by atoms with Gasteiger partial charge in [-0.1, -0.05) is 141 Å². The number of likely N-dealkylation sites (tertiary alicyclic amines) is 3. The number of carbonyl (C=O) groups is 7. The maximum Gasteiger partial charge on any atom is 0.327 e. The Hall–Kier alpha value is -10.1. The summed E-state index contributed by atoms with van der Waals surface area (Å²) in [5.74, 6) is -0.938. The molecule has 2 N–H and O–H groups in total. The average molecular weight is 2020 g/mol. The van der Waals surface area contributed by atoms with Crippen LogP contribution >= 0.6 is 35.3 Å². The Morgan fingerprint density at radius 2 is 0.727 bits per heavy atom. The number of rotatable bonds is 25. The molecule has 6 atom stereocenters. The van der Waals surface area contributed by atoms with Crippen molar-refractivity contribution in [1.29, 1.82) is 0 Å². The van der Waals surface area contributed by atoms with Crippen molar-refractivity contribution in [2.45, 2.75) is 255 Å². The van der Waals surface area contributed by atoms with E-state index in [2.05, 4.69) is 148 Å². The number of imidazole rings is 2. The monoisotopic (exact) mass is 2020 g/mol. The summed E-state index contributed by atoms with van der Waals surface area (Å²) < 4.78 is 50.7. The molecular weight excluding hydrogens is 1870 g/mol. The SMILES string of the molecule is CC(C)N1CCN(c2c(F)cccc2C2SC(CC(=O)N3CCC(N4C=C(c5ccccc5)CC4=O)CC3)C(=O)N2CCC(C)(C)C)CC1.CC(C)N1CCN(c2c(F)cccc2C2SC(CC(=O)N3CCC(n4c(=O)[nH]c5ccccc54)CC3)C(=O)N2CCC(C)(C)C)CC1.CC(C)N1CCN(c2c(F)cccc2C2SC(CC(=O)N3CCC(n4c(=O)[nH]c5ncccc54)CC3)C(=O)N2CCC(C)(C)C)CC1. The first-order chi connectivity index (χ1) is 68.2. The highest BCUT2D eigenvalue weighted by Gasteiger charge is 2.50. The van der Waals surface area contributed by atoms with E-state index in [0.29, 0.717) is 145 Å². The number of piperazine rings is 3. The number of hydrogen-bond donors (Lipinski definition) is 2. The zero-order valence-electron chi connectivity index (χ0n) is 86.4. The van der Waals surface area contributed by atoms with Gasteiger partial charge in [-0.15, -0.1) is 35.3 Å². The highest BCUT2D eigenvalue weighted by molar-refractivity contribution is 8.01. The van der Waals surface area contributed by atoms with Gasteiger partial charge in [0.25, 0.3) is 0 Å². The molecule has 0 aliphatic carbocycles. The number of fused-ring (bicyclic) bond motifs is 2. The molecule has 143 heavy (non-hydrogen) atoms. The van der Waals surface area contributed by atoms with E-state index in [-0.39, 0.29) is 140 Å². The van der Waals surface area contributed by atoms with Gasteiger partial charge in [0.1, 0.15) is 33.6 Å². The molecule has 10 aliphatic heterocycles. The van der Waals surface area contributed by atoms with Crippen molar-refractivity contribution in [2.75, 3.05) is 152 Å². The molecule has 13 heterocycles. The molecular formula is C110H149F3N18O9S3. The summed E-state index contributed by atoms with van der Waals surface area (Å²) in [6.45, 7) is 46.9. The van der Waals surface area contributed by atoms with Gasteiger partial charge in [-0.2, -0.15) is 0 Å². The molecule has 772 valence electrons. The number of H-pyrrole nitrogens is 2. The third-order valence-corrected chi connectivity index (χ3v) is 34.9. The summed E-state index contributed by atoms with van der Waals surface area (Å²) >= 11 is 4.48. The minimum Gasteiger partial charge on any atom is -0.366 e. The van der Waals surface area contributed by atoms with Gasteiger partial charge in [-0.25, -0.2) is 27.7 Å². The van der Waals surface area contributed by atoms with E-state index in [9.17, 15) is 43.2 Å². The molecule has 3 aromatic heterocycles. The van der Waals surface area contributed by atoms with Gasteiger partial charge in [0.15, 0.2) is 5.65 Å². The highest BCUT2D eigenvalue weighted by atomic mass is 32.2. The van der Waals surface area contributed by atoms with Crippen molar-refractivity contribution in [2.24, 2.45) is 16.2 Å². The second-order valence-electron chi connectivity index (χ2n) is 44.8. The number of pyridine rings is 1. The molecule has 33 heteroatoms. The molecule has 0 bridgehead atoms. The standard InChI is InChI=1S/C39H52FN5O3S.C36H49FN6O3S.C35H48FN7O3S/c1-27(2)41-20-22-43(23-21-41)36-31(12-9-13-32(36)40)38-44(19-16-39(3,4)5)37(48)33(49-38)25-34(46)42-17-14-30(15-18-42)45-26-29(24-35(45)47)28-10-7-6-8-11-28;1-24(2)39-19-21-41(22-20-39)32-26(9-8-10-27(32)37)34-42(18-15-36(3,4)5)33(45)30(47-34)23-31(44)40-16-13-25(14-17-40)43-29-12-7-6-11-28(29)38-35(43)46;1-23(2)39-18-20-41(21-19-39)30-25(8-6-9-26(30)36)33-42(17-13-35(3,4)5)32(45)28(47-33)22-29(44)40-15-11-24(12-16-40)43-27-10-7-14-37-31(27)38-34(43)46/h6-13,26-27,30,33,38H,14-25H2,1-5H3;6-12,24-25,30,34H,13-23H2,1-5H3,(H,38,46);6-10,14,23-24,28,33H,11-13,15-22H2,1-5H3,(H,37,38,46). The number of hydrogen-bond acceptors (Lipinski definition) is 19. The van der Waals surface area contributed by atoms with Gasteiger partial charge >= 0.3 is 11.4 Å². The van der Waals surface area contributed by atoms with Crippen molar-refractivity contribution in [3.05, 3.63) is 194 Å². The number of piperidine rings is 3. The van der Waals surface area contributed by atoms with Crippen molar-refractivity contribution < 1.29 is 46.7 Å². The Balaban J connectivity index is 0.000000154. The van der Waals surface area contributed by atoms with Crippen LogP contribution in [0.25, 0.3) is 27.8 Å². The topological polar surface area (TPSA) is 250 Å². The largest absolute Gasteiger partial charge is 0.366 e. The second-order valence-corrected chi connectivity index (χ2v) is 48.6. The first kappa shape index (κ1) is 106. The first-order valence-corrected chi connectivity index (χ1v) is 54.9. The molecule has 9 saturated heterocycles. The van der Waals surface area contributed by atoms with Crippen molar-refractivity contribution >= 4 is 121 Å².